The second-order valence-electron chi connectivity index (χ2n) is 11.5. The summed E-state index contributed by atoms with van der Waals surface area (Å²) in [7, 11) is 0. The zero-order valence-corrected chi connectivity index (χ0v) is 23.5. The van der Waals surface area contributed by atoms with Gasteiger partial charge < -0.3 is 0 Å². The van der Waals surface area contributed by atoms with Crippen molar-refractivity contribution in [2.75, 3.05) is 0 Å². The normalized spacial score (nSPS) is 18.3. The third-order valence-electron chi connectivity index (χ3n) is 8.60. The van der Waals surface area contributed by atoms with Crippen LogP contribution in [0.2, 0.25) is 0 Å². The first-order valence-electron chi connectivity index (χ1n) is 14.8. The Morgan fingerprint density at radius 1 is 0.769 bits per heavy atom. The van der Waals surface area contributed by atoms with Gasteiger partial charge in [0.2, 0.25) is 0 Å². The van der Waals surface area contributed by atoms with Gasteiger partial charge in [-0.3, -0.25) is 0 Å². The molecule has 4 aromatic carbocycles. The third kappa shape index (κ3) is 7.15. The molecule has 0 spiro atoms. The Balaban J connectivity index is 1.18. The zero-order valence-electron chi connectivity index (χ0n) is 23.5. The van der Waals surface area contributed by atoms with E-state index in [1.54, 1.807) is 6.07 Å². The molecule has 39 heavy (non-hydrogen) atoms. The average molecular weight is 517 g/mol. The molecule has 0 radical (unpaired) electrons. The van der Waals surface area contributed by atoms with Crippen molar-refractivity contribution in [2.45, 2.75) is 70.6 Å². The minimum Gasteiger partial charge on any atom is -0.206 e. The first kappa shape index (κ1) is 27.1. The van der Waals surface area contributed by atoms with E-state index in [9.17, 15) is 4.39 Å². The van der Waals surface area contributed by atoms with Gasteiger partial charge in [-0.1, -0.05) is 130 Å². The Morgan fingerprint density at radius 3 is 2.08 bits per heavy atom. The molecule has 0 saturated heterocycles. The van der Waals surface area contributed by atoms with Gasteiger partial charge >= 0.3 is 0 Å². The van der Waals surface area contributed by atoms with Gasteiger partial charge in [-0.2, -0.15) is 0 Å². The molecule has 0 aliphatic heterocycles. The van der Waals surface area contributed by atoms with Crippen LogP contribution in [-0.2, 0) is 6.42 Å². The van der Waals surface area contributed by atoms with E-state index in [0.29, 0.717) is 17.4 Å². The number of benzene rings is 4. The summed E-state index contributed by atoms with van der Waals surface area (Å²) in [6.07, 6.45) is 12.5. The number of halogens is 1. The van der Waals surface area contributed by atoms with Crippen molar-refractivity contribution >= 4 is 12.2 Å². The Labute approximate surface area is 234 Å². The topological polar surface area (TPSA) is 0 Å². The number of hydrogen-bond acceptors (Lipinski definition) is 0. The SMILES string of the molecule is CCCC1CCC(c2ccc(/C=C/c3ccc(-c4ccc(CC(C)c5ccccc5)cc4)cc3)c(F)c2)CC1. The Morgan fingerprint density at radius 2 is 1.44 bits per heavy atom. The van der Waals surface area contributed by atoms with Gasteiger partial charge in [-0.25, -0.2) is 4.39 Å². The predicted molar refractivity (Wildman–Crippen MR) is 165 cm³/mol. The third-order valence-corrected chi connectivity index (χ3v) is 8.60. The van der Waals surface area contributed by atoms with E-state index in [1.165, 1.54) is 66.3 Å². The Kier molecular flexibility index (Phi) is 9.09. The molecule has 0 aromatic heterocycles. The largest absolute Gasteiger partial charge is 0.206 e. The molecular weight excluding hydrogens is 475 g/mol. The molecule has 5 rings (SSSR count). The lowest BCUT2D eigenvalue weighted by Crippen LogP contribution is -2.13. The van der Waals surface area contributed by atoms with Gasteiger partial charge in [0.05, 0.1) is 0 Å². The molecule has 0 heterocycles. The first-order chi connectivity index (χ1) is 19.1. The lowest BCUT2D eigenvalue weighted by molar-refractivity contribution is 0.308. The van der Waals surface area contributed by atoms with E-state index in [0.717, 1.165) is 17.9 Å². The fourth-order valence-electron chi connectivity index (χ4n) is 6.18. The molecule has 0 amide bonds. The maximum Gasteiger partial charge on any atom is 0.130 e. The van der Waals surface area contributed by atoms with Crippen LogP contribution in [-0.4, -0.2) is 0 Å². The van der Waals surface area contributed by atoms with E-state index >= 15 is 0 Å². The molecule has 1 fully saturated rings. The van der Waals surface area contributed by atoms with Gasteiger partial charge in [0.1, 0.15) is 5.82 Å². The summed E-state index contributed by atoms with van der Waals surface area (Å²) in [5.74, 6) is 1.77. The summed E-state index contributed by atoms with van der Waals surface area (Å²) in [5, 5.41) is 0. The van der Waals surface area contributed by atoms with Crippen LogP contribution in [0.3, 0.4) is 0 Å². The summed E-state index contributed by atoms with van der Waals surface area (Å²) in [4.78, 5) is 0. The molecule has 1 atom stereocenters. The van der Waals surface area contributed by atoms with Gasteiger partial charge in [0.15, 0.2) is 0 Å². The zero-order chi connectivity index (χ0) is 27.0. The van der Waals surface area contributed by atoms with Crippen molar-refractivity contribution in [2.24, 2.45) is 5.92 Å². The Hall–Kier alpha value is -3.45. The maximum absolute atomic E-state index is 14.9. The van der Waals surface area contributed by atoms with Crippen LogP contribution < -0.4 is 0 Å². The first-order valence-corrected chi connectivity index (χ1v) is 14.8. The van der Waals surface area contributed by atoms with Crippen molar-refractivity contribution in [1.29, 1.82) is 0 Å². The van der Waals surface area contributed by atoms with Crippen molar-refractivity contribution < 1.29 is 4.39 Å². The molecular formula is C38H41F. The molecule has 1 aliphatic carbocycles. The molecule has 200 valence electrons. The molecule has 0 bridgehead atoms. The maximum atomic E-state index is 14.9. The highest BCUT2D eigenvalue weighted by Gasteiger charge is 2.22. The standard InChI is InChI=1S/C38H41F/c1-3-7-29-10-19-35(20-11-29)37-25-24-36(38(39)27-37)23-14-30-12-17-33(18-13-30)34-21-15-31(16-22-34)26-28(2)32-8-5-4-6-9-32/h4-6,8-9,12-18,21-25,27-29,35H,3,7,10-11,19-20,26H2,1-2H3/b23-14+. The highest BCUT2D eigenvalue weighted by Crippen LogP contribution is 2.38. The summed E-state index contributed by atoms with van der Waals surface area (Å²) >= 11 is 0. The lowest BCUT2D eigenvalue weighted by Gasteiger charge is -2.28. The summed E-state index contributed by atoms with van der Waals surface area (Å²) in [6.45, 7) is 4.56. The summed E-state index contributed by atoms with van der Waals surface area (Å²) in [5.41, 5.74) is 8.04. The van der Waals surface area contributed by atoms with Crippen molar-refractivity contribution in [3.05, 3.63) is 131 Å². The van der Waals surface area contributed by atoms with Crippen LogP contribution >= 0.6 is 0 Å². The highest BCUT2D eigenvalue weighted by molar-refractivity contribution is 5.72. The summed E-state index contributed by atoms with van der Waals surface area (Å²) < 4.78 is 14.9. The second-order valence-corrected chi connectivity index (χ2v) is 11.5. The average Bonchev–Trinajstić information content (AvgIpc) is 2.98. The van der Waals surface area contributed by atoms with Crippen LogP contribution in [0.4, 0.5) is 4.39 Å². The van der Waals surface area contributed by atoms with Gasteiger partial charge in [0.25, 0.3) is 0 Å². The van der Waals surface area contributed by atoms with Crippen LogP contribution in [0.1, 0.15) is 92.0 Å². The molecule has 4 aromatic rings. The van der Waals surface area contributed by atoms with Crippen LogP contribution in [0, 0.1) is 11.7 Å². The fraction of sp³-hybridized carbons (Fsp3) is 0.316. The highest BCUT2D eigenvalue weighted by atomic mass is 19.1. The minimum absolute atomic E-state index is 0.113. The van der Waals surface area contributed by atoms with Crippen LogP contribution in [0.5, 0.6) is 0 Å². The van der Waals surface area contributed by atoms with E-state index in [4.69, 9.17) is 0 Å². The second kappa shape index (κ2) is 13.1. The lowest BCUT2D eigenvalue weighted by atomic mass is 9.77. The van der Waals surface area contributed by atoms with Gasteiger partial charge in [-0.15, -0.1) is 0 Å². The van der Waals surface area contributed by atoms with Crippen molar-refractivity contribution in [3.8, 4) is 11.1 Å². The number of hydrogen-bond donors (Lipinski definition) is 0. The molecule has 0 N–H and O–H groups in total. The monoisotopic (exact) mass is 516 g/mol. The van der Waals surface area contributed by atoms with E-state index in [2.05, 4.69) is 98.8 Å². The van der Waals surface area contributed by atoms with Crippen molar-refractivity contribution in [3.63, 3.8) is 0 Å². The molecule has 0 nitrogen and oxygen atoms in total. The van der Waals surface area contributed by atoms with E-state index < -0.39 is 0 Å². The molecule has 1 heteroatoms. The summed E-state index contributed by atoms with van der Waals surface area (Å²) in [6, 6.07) is 34.0. The quantitative estimate of drug-likeness (QED) is 0.194. The minimum atomic E-state index is -0.113. The van der Waals surface area contributed by atoms with Gasteiger partial charge in [0, 0.05) is 5.56 Å². The molecule has 1 aliphatic rings. The Bertz CT molecular complexity index is 1340. The number of rotatable bonds is 9. The van der Waals surface area contributed by atoms with Gasteiger partial charge in [-0.05, 0) is 89.3 Å². The smallest absolute Gasteiger partial charge is 0.130 e. The van der Waals surface area contributed by atoms with Crippen molar-refractivity contribution in [1.82, 2.24) is 0 Å². The van der Waals surface area contributed by atoms with Crippen LogP contribution in [0.15, 0.2) is 97.1 Å². The van der Waals surface area contributed by atoms with E-state index in [-0.39, 0.29) is 5.82 Å². The van der Waals surface area contributed by atoms with Crippen LogP contribution in [0.25, 0.3) is 23.3 Å². The predicted octanol–water partition coefficient (Wildman–Crippen LogP) is 11.1. The molecule has 1 saturated carbocycles. The molecule has 1 unspecified atom stereocenters. The van der Waals surface area contributed by atoms with E-state index in [1.807, 2.05) is 18.2 Å². The fourth-order valence-corrected chi connectivity index (χ4v) is 6.18.